The standard InChI is InChI=1S/C18H22ClN5O2/c1-12(18(26)22-16-6-5-14(19)8-21-16)24-7-3-4-13(10-24)15-11-23(2)17(25)9-20-15/h5-6,8-9,11-13H,3-4,7,10H2,1-2H3,(H,21,22,26)/t12-,13+/m0/s1. The van der Waals surface area contributed by atoms with Crippen molar-refractivity contribution < 1.29 is 4.79 Å². The lowest BCUT2D eigenvalue weighted by atomic mass is 9.94. The zero-order chi connectivity index (χ0) is 18.7. The van der Waals surface area contributed by atoms with Crippen molar-refractivity contribution >= 4 is 23.3 Å². The topological polar surface area (TPSA) is 80.1 Å². The molecule has 1 saturated heterocycles. The van der Waals surface area contributed by atoms with Gasteiger partial charge >= 0.3 is 0 Å². The number of anilines is 1. The number of rotatable bonds is 4. The molecular weight excluding hydrogens is 354 g/mol. The molecule has 0 saturated carbocycles. The van der Waals surface area contributed by atoms with Crippen LogP contribution < -0.4 is 10.9 Å². The molecule has 1 aliphatic heterocycles. The Morgan fingerprint density at radius 1 is 1.35 bits per heavy atom. The van der Waals surface area contributed by atoms with Gasteiger partial charge in [0.25, 0.3) is 5.56 Å². The van der Waals surface area contributed by atoms with E-state index in [-0.39, 0.29) is 23.4 Å². The molecule has 2 atom stereocenters. The van der Waals surface area contributed by atoms with E-state index in [9.17, 15) is 9.59 Å². The second-order valence-electron chi connectivity index (χ2n) is 6.62. The zero-order valence-corrected chi connectivity index (χ0v) is 15.6. The number of aromatic nitrogens is 3. The summed E-state index contributed by atoms with van der Waals surface area (Å²) in [5.41, 5.74) is 0.772. The van der Waals surface area contributed by atoms with Crippen LogP contribution in [-0.4, -0.2) is 44.5 Å². The quantitative estimate of drug-likeness (QED) is 0.884. The number of nitrogens with zero attached hydrogens (tertiary/aromatic N) is 4. The molecule has 1 amide bonds. The van der Waals surface area contributed by atoms with Crippen LogP contribution in [0.3, 0.4) is 0 Å². The molecule has 8 heteroatoms. The summed E-state index contributed by atoms with van der Waals surface area (Å²) in [6.45, 7) is 3.47. The van der Waals surface area contributed by atoms with Crippen LogP contribution in [-0.2, 0) is 11.8 Å². The highest BCUT2D eigenvalue weighted by Gasteiger charge is 2.29. The Labute approximate surface area is 157 Å². The van der Waals surface area contributed by atoms with E-state index in [0.717, 1.165) is 31.6 Å². The minimum atomic E-state index is -0.289. The van der Waals surface area contributed by atoms with Crippen molar-refractivity contribution in [3.8, 4) is 0 Å². The van der Waals surface area contributed by atoms with Crippen molar-refractivity contribution in [1.82, 2.24) is 19.4 Å². The van der Waals surface area contributed by atoms with Gasteiger partial charge in [0.15, 0.2) is 0 Å². The van der Waals surface area contributed by atoms with Crippen molar-refractivity contribution in [1.29, 1.82) is 0 Å². The smallest absolute Gasteiger partial charge is 0.268 e. The predicted molar refractivity (Wildman–Crippen MR) is 100 cm³/mol. The van der Waals surface area contributed by atoms with Crippen LogP contribution >= 0.6 is 11.6 Å². The van der Waals surface area contributed by atoms with Gasteiger partial charge in [0.05, 0.1) is 23.0 Å². The predicted octanol–water partition coefficient (Wildman–Crippen LogP) is 2.04. The average molecular weight is 376 g/mol. The summed E-state index contributed by atoms with van der Waals surface area (Å²) < 4.78 is 1.55. The summed E-state index contributed by atoms with van der Waals surface area (Å²) in [6, 6.07) is 3.08. The number of likely N-dealkylation sites (tertiary alicyclic amines) is 1. The molecule has 0 radical (unpaired) electrons. The van der Waals surface area contributed by atoms with Gasteiger partial charge in [-0.15, -0.1) is 0 Å². The van der Waals surface area contributed by atoms with Crippen LogP contribution in [0.4, 0.5) is 5.82 Å². The first-order valence-corrected chi connectivity index (χ1v) is 9.01. The Hall–Kier alpha value is -2.25. The molecule has 0 aliphatic carbocycles. The lowest BCUT2D eigenvalue weighted by Crippen LogP contribution is -2.46. The summed E-state index contributed by atoms with van der Waals surface area (Å²) in [6.07, 6.45) is 6.63. The van der Waals surface area contributed by atoms with E-state index in [4.69, 9.17) is 11.6 Å². The van der Waals surface area contributed by atoms with E-state index in [1.54, 1.807) is 29.9 Å². The number of hydrogen-bond donors (Lipinski definition) is 1. The summed E-state index contributed by atoms with van der Waals surface area (Å²) in [5, 5.41) is 3.35. The van der Waals surface area contributed by atoms with Crippen molar-refractivity contribution in [2.24, 2.45) is 7.05 Å². The van der Waals surface area contributed by atoms with Crippen molar-refractivity contribution in [3.63, 3.8) is 0 Å². The third kappa shape index (κ3) is 4.28. The Kier molecular flexibility index (Phi) is 5.68. The average Bonchev–Trinajstić information content (AvgIpc) is 2.65. The first-order chi connectivity index (χ1) is 12.4. The lowest BCUT2D eigenvalue weighted by molar-refractivity contribution is -0.121. The minimum absolute atomic E-state index is 0.103. The number of hydrogen-bond acceptors (Lipinski definition) is 5. The van der Waals surface area contributed by atoms with Crippen LogP contribution in [0.25, 0.3) is 0 Å². The van der Waals surface area contributed by atoms with Crippen LogP contribution in [0.1, 0.15) is 31.4 Å². The molecule has 1 aliphatic rings. The van der Waals surface area contributed by atoms with E-state index in [1.807, 2.05) is 6.92 Å². The van der Waals surface area contributed by atoms with Crippen molar-refractivity contribution in [2.75, 3.05) is 18.4 Å². The zero-order valence-electron chi connectivity index (χ0n) is 14.9. The second kappa shape index (κ2) is 7.97. The molecule has 2 aromatic heterocycles. The summed E-state index contributed by atoms with van der Waals surface area (Å²) in [7, 11) is 1.73. The van der Waals surface area contributed by atoms with Gasteiger partial charge < -0.3 is 9.88 Å². The molecule has 7 nitrogen and oxygen atoms in total. The maximum atomic E-state index is 12.6. The monoisotopic (exact) mass is 375 g/mol. The molecule has 2 aromatic rings. The summed E-state index contributed by atoms with van der Waals surface area (Å²) >= 11 is 5.82. The molecule has 0 bridgehead atoms. The SMILES string of the molecule is C[C@@H](C(=O)Nc1ccc(Cl)cn1)N1CCC[C@@H](c2cn(C)c(=O)cn2)C1. The number of piperidine rings is 1. The molecule has 0 unspecified atom stereocenters. The van der Waals surface area contributed by atoms with Gasteiger partial charge in [-0.3, -0.25) is 19.5 Å². The molecule has 26 heavy (non-hydrogen) atoms. The maximum Gasteiger partial charge on any atom is 0.268 e. The molecule has 138 valence electrons. The molecule has 3 heterocycles. The Bertz CT molecular complexity index is 836. The Morgan fingerprint density at radius 2 is 2.15 bits per heavy atom. The van der Waals surface area contributed by atoms with Gasteiger partial charge in [-0.05, 0) is 38.4 Å². The van der Waals surface area contributed by atoms with Crippen LogP contribution in [0.15, 0.2) is 35.5 Å². The third-order valence-corrected chi connectivity index (χ3v) is 5.00. The van der Waals surface area contributed by atoms with Gasteiger partial charge in [-0.2, -0.15) is 0 Å². The van der Waals surface area contributed by atoms with Gasteiger partial charge in [-0.25, -0.2) is 4.98 Å². The number of carbonyl (C=O) groups is 1. The van der Waals surface area contributed by atoms with E-state index >= 15 is 0 Å². The fourth-order valence-electron chi connectivity index (χ4n) is 3.17. The largest absolute Gasteiger partial charge is 0.315 e. The number of aryl methyl sites for hydroxylation is 1. The van der Waals surface area contributed by atoms with Gasteiger partial charge in [0, 0.05) is 31.9 Å². The fraction of sp³-hybridized carbons (Fsp3) is 0.444. The number of pyridine rings is 1. The second-order valence-corrected chi connectivity index (χ2v) is 7.06. The van der Waals surface area contributed by atoms with Crippen molar-refractivity contribution in [2.45, 2.75) is 31.7 Å². The fourth-order valence-corrected chi connectivity index (χ4v) is 3.28. The molecule has 1 N–H and O–H groups in total. The number of carbonyl (C=O) groups excluding carboxylic acids is 1. The highest BCUT2D eigenvalue weighted by Crippen LogP contribution is 2.26. The van der Waals surface area contributed by atoms with E-state index in [2.05, 4.69) is 20.2 Å². The van der Waals surface area contributed by atoms with Gasteiger partial charge in [-0.1, -0.05) is 11.6 Å². The van der Waals surface area contributed by atoms with Gasteiger partial charge in [0.2, 0.25) is 5.91 Å². The third-order valence-electron chi connectivity index (χ3n) is 4.77. The first kappa shape index (κ1) is 18.5. The minimum Gasteiger partial charge on any atom is -0.315 e. The number of amides is 1. The van der Waals surface area contributed by atoms with E-state index < -0.39 is 0 Å². The molecule has 1 fully saturated rings. The lowest BCUT2D eigenvalue weighted by Gasteiger charge is -2.35. The Morgan fingerprint density at radius 3 is 2.85 bits per heavy atom. The van der Waals surface area contributed by atoms with Crippen LogP contribution in [0, 0.1) is 0 Å². The Balaban J connectivity index is 1.66. The van der Waals surface area contributed by atoms with E-state index in [1.165, 1.54) is 12.4 Å². The normalized spacial score (nSPS) is 19.1. The maximum absolute atomic E-state index is 12.6. The van der Waals surface area contributed by atoms with Crippen molar-refractivity contribution in [3.05, 3.63) is 51.8 Å². The molecular formula is C18H22ClN5O2. The summed E-state index contributed by atoms with van der Waals surface area (Å²) in [5.74, 6) is 0.591. The van der Waals surface area contributed by atoms with Crippen LogP contribution in [0.2, 0.25) is 5.02 Å². The van der Waals surface area contributed by atoms with E-state index in [0.29, 0.717) is 10.8 Å². The first-order valence-electron chi connectivity index (χ1n) is 8.63. The molecule has 0 aromatic carbocycles. The highest BCUT2D eigenvalue weighted by atomic mass is 35.5. The number of nitrogens with one attached hydrogen (secondary N) is 1. The molecule has 0 spiro atoms. The summed E-state index contributed by atoms with van der Waals surface area (Å²) in [4.78, 5) is 34.6. The van der Waals surface area contributed by atoms with Gasteiger partial charge in [0.1, 0.15) is 5.82 Å². The number of halogens is 1. The van der Waals surface area contributed by atoms with Crippen LogP contribution in [0.5, 0.6) is 0 Å². The molecule has 3 rings (SSSR count). The highest BCUT2D eigenvalue weighted by molar-refractivity contribution is 6.30.